The van der Waals surface area contributed by atoms with Crippen LogP contribution in [0.4, 0.5) is 0 Å². The number of carbonyl (C=O) groups is 1. The minimum Gasteiger partial charge on any atom is -0.345 e. The van der Waals surface area contributed by atoms with E-state index in [0.717, 1.165) is 13.0 Å². The Balaban J connectivity index is 1.50. The highest BCUT2D eigenvalue weighted by Gasteiger charge is 2.43. The monoisotopic (exact) mass is 265 g/mol. The summed E-state index contributed by atoms with van der Waals surface area (Å²) in [5.41, 5.74) is 0. The van der Waals surface area contributed by atoms with Crippen molar-refractivity contribution < 1.29 is 4.79 Å². The predicted molar refractivity (Wildman–Crippen MR) is 75.9 cm³/mol. The van der Waals surface area contributed by atoms with Gasteiger partial charge >= 0.3 is 0 Å². The van der Waals surface area contributed by atoms with Crippen molar-refractivity contribution in [3.63, 3.8) is 0 Å². The molecule has 2 bridgehead atoms. The van der Waals surface area contributed by atoms with E-state index in [2.05, 4.69) is 17.3 Å². The number of amides is 1. The molecular weight excluding hydrogens is 238 g/mol. The largest absolute Gasteiger partial charge is 0.345 e. The minimum atomic E-state index is 0.259. The van der Waals surface area contributed by atoms with Crippen LogP contribution < -0.4 is 5.32 Å². The van der Waals surface area contributed by atoms with Gasteiger partial charge in [0.05, 0.1) is 5.92 Å². The molecule has 19 heavy (non-hydrogen) atoms. The molecule has 3 saturated heterocycles. The Kier molecular flexibility index (Phi) is 3.81. The van der Waals surface area contributed by atoms with Gasteiger partial charge in [-0.1, -0.05) is 0 Å². The number of nitrogens with zero attached hydrogens (tertiary/aromatic N) is 2. The molecule has 3 unspecified atom stereocenters. The number of piperidine rings is 1. The van der Waals surface area contributed by atoms with E-state index < -0.39 is 0 Å². The molecule has 108 valence electrons. The first-order valence-corrected chi connectivity index (χ1v) is 7.83. The summed E-state index contributed by atoms with van der Waals surface area (Å²) in [5, 5.41) is 3.57. The lowest BCUT2D eigenvalue weighted by Crippen LogP contribution is -2.42. The van der Waals surface area contributed by atoms with E-state index in [4.69, 9.17) is 0 Å². The average Bonchev–Trinajstić information content (AvgIpc) is 3.03. The zero-order valence-electron chi connectivity index (χ0n) is 12.3. The van der Waals surface area contributed by atoms with Crippen molar-refractivity contribution in [1.29, 1.82) is 0 Å². The van der Waals surface area contributed by atoms with Gasteiger partial charge in [-0.15, -0.1) is 0 Å². The Morgan fingerprint density at radius 1 is 1.26 bits per heavy atom. The van der Waals surface area contributed by atoms with E-state index in [-0.39, 0.29) is 5.92 Å². The second-order valence-corrected chi connectivity index (χ2v) is 6.86. The molecule has 0 radical (unpaired) electrons. The third-order valence-corrected chi connectivity index (χ3v) is 5.36. The molecule has 0 aromatic rings. The highest BCUT2D eigenvalue weighted by molar-refractivity contribution is 5.80. The molecular formula is C15H27N3O. The summed E-state index contributed by atoms with van der Waals surface area (Å²) in [5.74, 6) is 1.35. The molecule has 0 aromatic carbocycles. The molecule has 0 aliphatic carbocycles. The molecule has 0 spiro atoms. The summed E-state index contributed by atoms with van der Waals surface area (Å²) in [4.78, 5) is 17.0. The first kappa shape index (κ1) is 13.4. The van der Waals surface area contributed by atoms with Gasteiger partial charge in [0, 0.05) is 25.7 Å². The summed E-state index contributed by atoms with van der Waals surface area (Å²) >= 11 is 0. The van der Waals surface area contributed by atoms with Gasteiger partial charge in [-0.3, -0.25) is 4.79 Å². The fraction of sp³-hybridized carbons (Fsp3) is 0.933. The van der Waals surface area contributed by atoms with Crippen molar-refractivity contribution >= 4 is 5.91 Å². The predicted octanol–water partition coefficient (Wildman–Crippen LogP) is 0.927. The van der Waals surface area contributed by atoms with E-state index in [0.29, 0.717) is 23.9 Å². The van der Waals surface area contributed by atoms with Gasteiger partial charge in [0.1, 0.15) is 0 Å². The zero-order valence-corrected chi connectivity index (χ0v) is 12.3. The van der Waals surface area contributed by atoms with Crippen LogP contribution in [-0.2, 0) is 4.79 Å². The van der Waals surface area contributed by atoms with Crippen LogP contribution in [0.3, 0.4) is 0 Å². The minimum absolute atomic E-state index is 0.259. The van der Waals surface area contributed by atoms with Crippen molar-refractivity contribution in [3.05, 3.63) is 0 Å². The van der Waals surface area contributed by atoms with Crippen LogP contribution >= 0.6 is 0 Å². The topological polar surface area (TPSA) is 35.6 Å². The van der Waals surface area contributed by atoms with Crippen LogP contribution in [-0.4, -0.2) is 61.5 Å². The summed E-state index contributed by atoms with van der Waals surface area (Å²) in [6.45, 7) is 3.32. The average molecular weight is 265 g/mol. The molecule has 1 amide bonds. The van der Waals surface area contributed by atoms with Gasteiger partial charge in [-0.05, 0) is 58.2 Å². The molecule has 4 nitrogen and oxygen atoms in total. The molecule has 3 aliphatic heterocycles. The van der Waals surface area contributed by atoms with Gasteiger partial charge in [-0.2, -0.15) is 0 Å². The van der Waals surface area contributed by atoms with Gasteiger partial charge < -0.3 is 15.1 Å². The number of hydrogen-bond acceptors (Lipinski definition) is 3. The molecule has 3 atom stereocenters. The lowest BCUT2D eigenvalue weighted by atomic mass is 9.87. The molecule has 3 rings (SSSR count). The van der Waals surface area contributed by atoms with E-state index >= 15 is 0 Å². The van der Waals surface area contributed by atoms with Crippen molar-refractivity contribution in [2.24, 2.45) is 11.8 Å². The van der Waals surface area contributed by atoms with Gasteiger partial charge in [-0.25, -0.2) is 0 Å². The first-order valence-electron chi connectivity index (χ1n) is 7.83. The maximum Gasteiger partial charge on any atom is 0.227 e. The quantitative estimate of drug-likeness (QED) is 0.824. The van der Waals surface area contributed by atoms with Crippen LogP contribution in [0.2, 0.25) is 0 Å². The summed E-state index contributed by atoms with van der Waals surface area (Å²) in [7, 11) is 4.19. The SMILES string of the molecule is CN1CCC(CN(C)C(=O)C2CC3CCC2N3)CC1. The van der Waals surface area contributed by atoms with Crippen LogP contribution in [0.25, 0.3) is 0 Å². The number of fused-ring (bicyclic) bond motifs is 2. The van der Waals surface area contributed by atoms with Crippen molar-refractivity contribution in [1.82, 2.24) is 15.1 Å². The third-order valence-electron chi connectivity index (χ3n) is 5.36. The van der Waals surface area contributed by atoms with E-state index in [1.54, 1.807) is 0 Å². The highest BCUT2D eigenvalue weighted by atomic mass is 16.2. The third kappa shape index (κ3) is 2.79. The van der Waals surface area contributed by atoms with Crippen molar-refractivity contribution in [3.8, 4) is 0 Å². The lowest BCUT2D eigenvalue weighted by molar-refractivity contribution is -0.135. The highest BCUT2D eigenvalue weighted by Crippen LogP contribution is 2.34. The fourth-order valence-corrected chi connectivity index (χ4v) is 4.10. The van der Waals surface area contributed by atoms with Crippen LogP contribution in [0.1, 0.15) is 32.1 Å². The van der Waals surface area contributed by atoms with E-state index in [1.165, 1.54) is 38.8 Å². The number of rotatable bonds is 3. The molecule has 0 aromatic heterocycles. The zero-order chi connectivity index (χ0) is 13.4. The normalized spacial score (nSPS) is 35.8. The first-order chi connectivity index (χ1) is 9.13. The Bertz CT molecular complexity index is 338. The molecule has 3 heterocycles. The maximum absolute atomic E-state index is 12.5. The molecule has 1 N–H and O–H groups in total. The Morgan fingerprint density at radius 3 is 2.58 bits per heavy atom. The Morgan fingerprint density at radius 2 is 2.00 bits per heavy atom. The van der Waals surface area contributed by atoms with Gasteiger partial charge in [0.15, 0.2) is 0 Å². The second-order valence-electron chi connectivity index (χ2n) is 6.86. The number of nitrogens with one attached hydrogen (secondary N) is 1. The van der Waals surface area contributed by atoms with Crippen LogP contribution in [0.15, 0.2) is 0 Å². The van der Waals surface area contributed by atoms with E-state index in [9.17, 15) is 4.79 Å². The van der Waals surface area contributed by atoms with Crippen molar-refractivity contribution in [2.75, 3.05) is 33.7 Å². The Hall–Kier alpha value is -0.610. The second kappa shape index (κ2) is 5.41. The maximum atomic E-state index is 12.5. The van der Waals surface area contributed by atoms with Crippen LogP contribution in [0, 0.1) is 11.8 Å². The summed E-state index contributed by atoms with van der Waals surface area (Å²) in [6.07, 6.45) is 6.02. The van der Waals surface area contributed by atoms with Crippen molar-refractivity contribution in [2.45, 2.75) is 44.2 Å². The smallest absolute Gasteiger partial charge is 0.227 e. The molecule has 4 heteroatoms. The summed E-state index contributed by atoms with van der Waals surface area (Å²) < 4.78 is 0. The molecule has 0 saturated carbocycles. The lowest BCUT2D eigenvalue weighted by Gasteiger charge is -2.33. The number of likely N-dealkylation sites (tertiary alicyclic amines) is 1. The van der Waals surface area contributed by atoms with Gasteiger partial charge in [0.2, 0.25) is 5.91 Å². The fourth-order valence-electron chi connectivity index (χ4n) is 4.10. The molecule has 3 aliphatic rings. The number of carbonyl (C=O) groups excluding carboxylic acids is 1. The van der Waals surface area contributed by atoms with E-state index in [1.807, 2.05) is 11.9 Å². The molecule has 3 fully saturated rings. The number of hydrogen-bond donors (Lipinski definition) is 1. The standard InChI is InChI=1S/C15H27N3O/c1-17-7-5-11(6-8-17)10-18(2)15(19)13-9-12-3-4-14(13)16-12/h11-14,16H,3-10H2,1-2H3. The summed E-state index contributed by atoms with van der Waals surface area (Å²) in [6, 6.07) is 1.09. The van der Waals surface area contributed by atoms with Gasteiger partial charge in [0.25, 0.3) is 0 Å². The Labute approximate surface area is 116 Å². The van der Waals surface area contributed by atoms with Crippen LogP contribution in [0.5, 0.6) is 0 Å².